The minimum Gasteiger partial charge on any atom is -0.488 e. The zero-order valence-electron chi connectivity index (χ0n) is 6.22. The number of aromatic hydroxyl groups is 1. The molecule has 1 heterocycles. The summed E-state index contributed by atoms with van der Waals surface area (Å²) < 4.78 is 4.64. The summed E-state index contributed by atoms with van der Waals surface area (Å²) in [7, 11) is 1.35. The van der Waals surface area contributed by atoms with Gasteiger partial charge in [-0.15, -0.1) is 0 Å². The molecule has 0 aliphatic heterocycles. The maximum Gasteiger partial charge on any atom is 0.331 e. The molecule has 1 rings (SSSR count). The topological polar surface area (TPSA) is 85.5 Å². The number of methoxy groups -OCH3 is 1. The summed E-state index contributed by atoms with van der Waals surface area (Å²) >= 11 is 0. The molecule has 64 valence electrons. The summed E-state index contributed by atoms with van der Waals surface area (Å²) in [6.45, 7) is 0. The Bertz CT molecular complexity index is 312. The highest BCUT2D eigenvalue weighted by atomic mass is 16.6. The Hall–Kier alpha value is -1.85. The molecular weight excluding hydrogens is 164 g/mol. The zero-order valence-corrected chi connectivity index (χ0v) is 6.22. The third-order valence-corrected chi connectivity index (χ3v) is 1.23. The molecule has 1 aromatic rings. The Labute approximate surface area is 67.6 Å². The van der Waals surface area contributed by atoms with Gasteiger partial charge in [-0.05, 0) is 0 Å². The van der Waals surface area contributed by atoms with Crippen molar-refractivity contribution >= 4 is 5.69 Å². The van der Waals surface area contributed by atoms with E-state index in [-0.39, 0.29) is 5.88 Å². The molecule has 0 aliphatic rings. The SMILES string of the molecule is COc1ccc([N+](=O)[O-])c(O)n1. The molecule has 0 unspecified atom stereocenters. The molecular formula is C6H6N2O4. The number of pyridine rings is 1. The van der Waals surface area contributed by atoms with E-state index in [0.29, 0.717) is 0 Å². The highest BCUT2D eigenvalue weighted by molar-refractivity contribution is 5.41. The van der Waals surface area contributed by atoms with E-state index in [1.165, 1.54) is 13.2 Å². The number of rotatable bonds is 2. The van der Waals surface area contributed by atoms with Crippen molar-refractivity contribution in [1.82, 2.24) is 4.98 Å². The van der Waals surface area contributed by atoms with Crippen molar-refractivity contribution in [1.29, 1.82) is 0 Å². The number of aromatic nitrogens is 1. The minimum absolute atomic E-state index is 0.137. The number of hydrogen-bond donors (Lipinski definition) is 1. The van der Waals surface area contributed by atoms with E-state index in [4.69, 9.17) is 5.11 Å². The van der Waals surface area contributed by atoms with E-state index in [0.717, 1.165) is 6.07 Å². The smallest absolute Gasteiger partial charge is 0.331 e. The van der Waals surface area contributed by atoms with E-state index < -0.39 is 16.5 Å². The van der Waals surface area contributed by atoms with Gasteiger partial charge in [-0.2, -0.15) is 4.98 Å². The Morgan fingerprint density at radius 3 is 2.75 bits per heavy atom. The quantitative estimate of drug-likeness (QED) is 0.521. The summed E-state index contributed by atoms with van der Waals surface area (Å²) in [5.74, 6) is -0.502. The number of ether oxygens (including phenoxy) is 1. The molecule has 0 aliphatic carbocycles. The largest absolute Gasteiger partial charge is 0.488 e. The predicted octanol–water partition coefficient (Wildman–Crippen LogP) is 0.704. The third kappa shape index (κ3) is 1.42. The minimum atomic E-state index is -0.720. The van der Waals surface area contributed by atoms with Crippen molar-refractivity contribution < 1.29 is 14.8 Å². The molecule has 0 bridgehead atoms. The van der Waals surface area contributed by atoms with E-state index in [9.17, 15) is 10.1 Å². The van der Waals surface area contributed by atoms with Gasteiger partial charge in [0.1, 0.15) is 0 Å². The Kier molecular flexibility index (Phi) is 2.09. The molecule has 0 amide bonds. The average Bonchev–Trinajstić information content (AvgIpc) is 2.03. The van der Waals surface area contributed by atoms with Gasteiger partial charge in [0, 0.05) is 12.1 Å². The maximum atomic E-state index is 10.2. The summed E-state index contributed by atoms with van der Waals surface area (Å²) in [5, 5.41) is 19.1. The van der Waals surface area contributed by atoms with Gasteiger partial charge < -0.3 is 9.84 Å². The first-order valence-electron chi connectivity index (χ1n) is 3.03. The number of nitro groups is 1. The lowest BCUT2D eigenvalue weighted by Gasteiger charge is -1.98. The maximum absolute atomic E-state index is 10.2. The molecule has 6 heteroatoms. The van der Waals surface area contributed by atoms with Crippen molar-refractivity contribution in [2.75, 3.05) is 7.11 Å². The van der Waals surface area contributed by atoms with Crippen molar-refractivity contribution in [3.05, 3.63) is 22.2 Å². The molecule has 0 atom stereocenters. The summed E-state index contributed by atoms with van der Waals surface area (Å²) in [6, 6.07) is 2.43. The average molecular weight is 170 g/mol. The van der Waals surface area contributed by atoms with Gasteiger partial charge >= 0.3 is 5.69 Å². The van der Waals surface area contributed by atoms with Crippen LogP contribution < -0.4 is 4.74 Å². The molecule has 12 heavy (non-hydrogen) atoms. The van der Waals surface area contributed by atoms with Crippen molar-refractivity contribution in [3.63, 3.8) is 0 Å². The molecule has 1 aromatic heterocycles. The first kappa shape index (κ1) is 8.25. The second-order valence-corrected chi connectivity index (χ2v) is 1.95. The van der Waals surface area contributed by atoms with Crippen molar-refractivity contribution in [3.8, 4) is 11.8 Å². The van der Waals surface area contributed by atoms with Crippen LogP contribution in [0.5, 0.6) is 11.8 Å². The predicted molar refractivity (Wildman–Crippen MR) is 39.1 cm³/mol. The van der Waals surface area contributed by atoms with Crippen LogP contribution in [-0.2, 0) is 0 Å². The highest BCUT2D eigenvalue weighted by Crippen LogP contribution is 2.24. The van der Waals surface area contributed by atoms with E-state index in [2.05, 4.69) is 9.72 Å². The fourth-order valence-electron chi connectivity index (χ4n) is 0.680. The summed E-state index contributed by atoms with van der Waals surface area (Å²) in [6.07, 6.45) is 0. The van der Waals surface area contributed by atoms with Crippen molar-refractivity contribution in [2.45, 2.75) is 0 Å². The molecule has 0 spiro atoms. The van der Waals surface area contributed by atoms with E-state index >= 15 is 0 Å². The van der Waals surface area contributed by atoms with E-state index in [1.807, 2.05) is 0 Å². The van der Waals surface area contributed by atoms with Crippen LogP contribution in [0.2, 0.25) is 0 Å². The van der Waals surface area contributed by atoms with Crippen LogP contribution in [0.25, 0.3) is 0 Å². The monoisotopic (exact) mass is 170 g/mol. The van der Waals surface area contributed by atoms with Crippen LogP contribution in [0.4, 0.5) is 5.69 Å². The second kappa shape index (κ2) is 3.04. The third-order valence-electron chi connectivity index (χ3n) is 1.23. The molecule has 0 fully saturated rings. The van der Waals surface area contributed by atoms with Crippen LogP contribution in [0.3, 0.4) is 0 Å². The molecule has 0 saturated heterocycles. The first-order valence-corrected chi connectivity index (χ1v) is 3.03. The first-order chi connectivity index (χ1) is 5.65. The molecule has 0 radical (unpaired) electrons. The summed E-state index contributed by atoms with van der Waals surface area (Å²) in [5.41, 5.74) is -0.434. The van der Waals surface area contributed by atoms with Crippen molar-refractivity contribution in [2.24, 2.45) is 0 Å². The number of nitrogens with zero attached hydrogens (tertiary/aromatic N) is 2. The Morgan fingerprint density at radius 1 is 1.67 bits per heavy atom. The molecule has 0 saturated carbocycles. The Balaban J connectivity index is 3.12. The van der Waals surface area contributed by atoms with Crippen LogP contribution in [0.15, 0.2) is 12.1 Å². The fraction of sp³-hybridized carbons (Fsp3) is 0.167. The number of hydrogen-bond acceptors (Lipinski definition) is 5. The van der Waals surface area contributed by atoms with Crippen LogP contribution in [0, 0.1) is 10.1 Å². The zero-order chi connectivity index (χ0) is 9.14. The highest BCUT2D eigenvalue weighted by Gasteiger charge is 2.14. The van der Waals surface area contributed by atoms with Gasteiger partial charge in [0.05, 0.1) is 12.0 Å². The summed E-state index contributed by atoms with van der Waals surface area (Å²) in [4.78, 5) is 12.9. The lowest BCUT2D eigenvalue weighted by molar-refractivity contribution is -0.386. The van der Waals surface area contributed by atoms with Gasteiger partial charge in [0.15, 0.2) is 0 Å². The second-order valence-electron chi connectivity index (χ2n) is 1.95. The van der Waals surface area contributed by atoms with Gasteiger partial charge in [0.25, 0.3) is 5.88 Å². The lowest BCUT2D eigenvalue weighted by Crippen LogP contribution is -1.92. The van der Waals surface area contributed by atoms with Crippen LogP contribution >= 0.6 is 0 Å². The standard InChI is InChI=1S/C6H6N2O4/c1-12-5-3-2-4(8(10)11)6(9)7-5/h2-3H,1H3,(H,7,9). The van der Waals surface area contributed by atoms with Crippen LogP contribution in [-0.4, -0.2) is 22.1 Å². The van der Waals surface area contributed by atoms with Gasteiger partial charge in [-0.3, -0.25) is 10.1 Å². The normalized spacial score (nSPS) is 9.42. The Morgan fingerprint density at radius 2 is 2.33 bits per heavy atom. The van der Waals surface area contributed by atoms with E-state index in [1.54, 1.807) is 0 Å². The molecule has 1 N–H and O–H groups in total. The lowest BCUT2D eigenvalue weighted by atomic mass is 10.4. The molecule has 0 aromatic carbocycles. The molecule has 6 nitrogen and oxygen atoms in total. The van der Waals surface area contributed by atoms with Gasteiger partial charge in [-0.1, -0.05) is 0 Å². The van der Waals surface area contributed by atoms with Crippen LogP contribution in [0.1, 0.15) is 0 Å². The fourth-order valence-corrected chi connectivity index (χ4v) is 0.680. The van der Waals surface area contributed by atoms with Gasteiger partial charge in [0.2, 0.25) is 5.88 Å². The van der Waals surface area contributed by atoms with Gasteiger partial charge in [-0.25, -0.2) is 0 Å².